The molecule has 0 saturated carbocycles. The fourth-order valence-corrected chi connectivity index (χ4v) is 3.18. The van der Waals surface area contributed by atoms with E-state index >= 15 is 0 Å². The van der Waals surface area contributed by atoms with Crippen LogP contribution in [0.4, 0.5) is 5.69 Å². The number of nitrogens with zero attached hydrogens (tertiary/aromatic N) is 1. The van der Waals surface area contributed by atoms with E-state index in [9.17, 15) is 14.4 Å². The molecule has 1 fully saturated rings. The minimum atomic E-state index is -1.19. The molecular formula is C11H7Br2NO4. The summed E-state index contributed by atoms with van der Waals surface area (Å²) >= 11 is 6.36. The van der Waals surface area contributed by atoms with E-state index in [1.165, 1.54) is 6.07 Å². The molecule has 0 unspecified atom stereocenters. The van der Waals surface area contributed by atoms with E-state index in [4.69, 9.17) is 5.11 Å². The number of benzene rings is 1. The Hall–Kier alpha value is -1.21. The Morgan fingerprint density at radius 3 is 2.22 bits per heavy atom. The Balaban J connectivity index is 2.66. The van der Waals surface area contributed by atoms with Crippen LogP contribution in [0.25, 0.3) is 0 Å². The summed E-state index contributed by atoms with van der Waals surface area (Å²) in [6.45, 7) is 0. The molecule has 1 aliphatic heterocycles. The molecule has 94 valence electrons. The first-order valence-corrected chi connectivity index (χ1v) is 6.58. The number of halogens is 2. The Kier molecular flexibility index (Phi) is 3.54. The van der Waals surface area contributed by atoms with Crippen molar-refractivity contribution in [3.63, 3.8) is 0 Å². The van der Waals surface area contributed by atoms with Crippen LogP contribution in [-0.2, 0) is 9.59 Å². The fraction of sp³-hybridized carbons (Fsp3) is 0.182. The maximum absolute atomic E-state index is 11.7. The first-order chi connectivity index (χ1) is 8.41. The van der Waals surface area contributed by atoms with Crippen LogP contribution in [0.1, 0.15) is 23.2 Å². The molecule has 0 atom stereocenters. The molecule has 1 saturated heterocycles. The molecule has 18 heavy (non-hydrogen) atoms. The van der Waals surface area contributed by atoms with Crippen molar-refractivity contribution in [3.8, 4) is 0 Å². The number of carboxylic acid groups (broad SMARTS) is 1. The maximum Gasteiger partial charge on any atom is 0.337 e. The Bertz CT molecular complexity index is 554. The predicted molar refractivity (Wildman–Crippen MR) is 70.5 cm³/mol. The molecular weight excluding hydrogens is 370 g/mol. The number of hydrogen-bond acceptors (Lipinski definition) is 3. The number of carboxylic acids is 1. The predicted octanol–water partition coefficient (Wildman–Crippen LogP) is 2.56. The van der Waals surface area contributed by atoms with Gasteiger partial charge < -0.3 is 5.11 Å². The number of hydrogen-bond donors (Lipinski definition) is 1. The molecule has 0 bridgehead atoms. The number of anilines is 1. The molecule has 0 aromatic heterocycles. The highest BCUT2D eigenvalue weighted by Gasteiger charge is 2.34. The third-order valence-electron chi connectivity index (χ3n) is 2.53. The van der Waals surface area contributed by atoms with Gasteiger partial charge in [-0.3, -0.25) is 9.59 Å². The topological polar surface area (TPSA) is 74.7 Å². The Morgan fingerprint density at radius 2 is 1.72 bits per heavy atom. The molecule has 1 heterocycles. The largest absolute Gasteiger partial charge is 0.478 e. The van der Waals surface area contributed by atoms with Crippen molar-refractivity contribution < 1.29 is 19.5 Å². The van der Waals surface area contributed by atoms with Gasteiger partial charge in [-0.2, -0.15) is 0 Å². The lowest BCUT2D eigenvalue weighted by Crippen LogP contribution is -2.30. The number of carbonyl (C=O) groups is 3. The van der Waals surface area contributed by atoms with Gasteiger partial charge in [0.2, 0.25) is 11.8 Å². The van der Waals surface area contributed by atoms with Crippen LogP contribution < -0.4 is 4.90 Å². The van der Waals surface area contributed by atoms with Crippen molar-refractivity contribution in [2.75, 3.05) is 4.90 Å². The highest BCUT2D eigenvalue weighted by molar-refractivity contribution is 9.11. The van der Waals surface area contributed by atoms with Crippen molar-refractivity contribution in [1.29, 1.82) is 0 Å². The highest BCUT2D eigenvalue weighted by atomic mass is 79.9. The minimum Gasteiger partial charge on any atom is -0.478 e. The normalized spacial score (nSPS) is 15.3. The molecule has 2 amide bonds. The lowest BCUT2D eigenvalue weighted by atomic mass is 10.1. The number of carbonyl (C=O) groups excluding carboxylic acids is 2. The molecule has 1 aromatic carbocycles. The van der Waals surface area contributed by atoms with Crippen molar-refractivity contribution >= 4 is 55.3 Å². The zero-order valence-electron chi connectivity index (χ0n) is 8.94. The van der Waals surface area contributed by atoms with Gasteiger partial charge in [-0.25, -0.2) is 9.69 Å². The molecule has 0 radical (unpaired) electrons. The molecule has 1 N–H and O–H groups in total. The van der Waals surface area contributed by atoms with E-state index in [-0.39, 0.29) is 35.9 Å². The highest BCUT2D eigenvalue weighted by Crippen LogP contribution is 2.36. The van der Waals surface area contributed by atoms with Gasteiger partial charge in [0, 0.05) is 21.8 Å². The Labute approximate surface area is 119 Å². The van der Waals surface area contributed by atoms with Crippen molar-refractivity contribution in [3.05, 3.63) is 26.6 Å². The molecule has 1 aliphatic rings. The third-order valence-corrected chi connectivity index (χ3v) is 3.60. The molecule has 5 nitrogen and oxygen atoms in total. The summed E-state index contributed by atoms with van der Waals surface area (Å²) in [7, 11) is 0. The summed E-state index contributed by atoms with van der Waals surface area (Å²) in [4.78, 5) is 35.5. The van der Waals surface area contributed by atoms with E-state index in [0.717, 1.165) is 4.90 Å². The van der Waals surface area contributed by atoms with Gasteiger partial charge in [-0.1, -0.05) is 15.9 Å². The smallest absolute Gasteiger partial charge is 0.337 e. The van der Waals surface area contributed by atoms with Gasteiger partial charge in [0.25, 0.3) is 0 Å². The molecule has 7 heteroatoms. The van der Waals surface area contributed by atoms with E-state index in [1.807, 2.05) is 0 Å². The number of aromatic carboxylic acids is 1. The van der Waals surface area contributed by atoms with Crippen LogP contribution >= 0.6 is 31.9 Å². The quantitative estimate of drug-likeness (QED) is 0.805. The zero-order chi connectivity index (χ0) is 13.4. The van der Waals surface area contributed by atoms with Gasteiger partial charge in [-0.15, -0.1) is 0 Å². The summed E-state index contributed by atoms with van der Waals surface area (Å²) < 4.78 is 0.937. The summed E-state index contributed by atoms with van der Waals surface area (Å²) in [5.41, 5.74) is -0.00181. The van der Waals surface area contributed by atoms with Gasteiger partial charge in [0.1, 0.15) is 0 Å². The summed E-state index contributed by atoms with van der Waals surface area (Å²) in [6.07, 6.45) is 0.223. The van der Waals surface area contributed by atoms with E-state index in [1.54, 1.807) is 6.07 Å². The van der Waals surface area contributed by atoms with Crippen LogP contribution in [0.3, 0.4) is 0 Å². The average molecular weight is 377 g/mol. The number of amides is 2. The van der Waals surface area contributed by atoms with Gasteiger partial charge in [-0.05, 0) is 28.1 Å². The molecule has 1 aromatic rings. The monoisotopic (exact) mass is 375 g/mol. The van der Waals surface area contributed by atoms with Crippen LogP contribution in [0, 0.1) is 0 Å². The Morgan fingerprint density at radius 1 is 1.17 bits per heavy atom. The lowest BCUT2D eigenvalue weighted by Gasteiger charge is -2.18. The maximum atomic E-state index is 11.7. The second-order valence-electron chi connectivity index (χ2n) is 3.71. The summed E-state index contributed by atoms with van der Waals surface area (Å²) in [6, 6.07) is 2.96. The second kappa shape index (κ2) is 4.81. The van der Waals surface area contributed by atoms with E-state index < -0.39 is 5.97 Å². The van der Waals surface area contributed by atoms with Gasteiger partial charge in [0.15, 0.2) is 0 Å². The first-order valence-electron chi connectivity index (χ1n) is 5.00. The van der Waals surface area contributed by atoms with Crippen LogP contribution in [0.2, 0.25) is 0 Å². The zero-order valence-corrected chi connectivity index (χ0v) is 12.1. The minimum absolute atomic E-state index is 0.0956. The SMILES string of the molecule is O=C(O)c1cc(Br)cc(Br)c1N1C(=O)CCC1=O. The van der Waals surface area contributed by atoms with E-state index in [2.05, 4.69) is 31.9 Å². The average Bonchev–Trinajstić information content (AvgIpc) is 2.58. The van der Waals surface area contributed by atoms with Crippen LogP contribution in [0.5, 0.6) is 0 Å². The summed E-state index contributed by atoms with van der Waals surface area (Å²) in [5, 5.41) is 9.16. The molecule has 2 rings (SSSR count). The number of rotatable bonds is 2. The van der Waals surface area contributed by atoms with Crippen molar-refractivity contribution in [2.45, 2.75) is 12.8 Å². The standard InChI is InChI=1S/C11H7Br2NO4/c12-5-3-6(11(17)18)10(7(13)4-5)14-8(15)1-2-9(14)16/h3-4H,1-2H2,(H,17,18). The summed E-state index contributed by atoms with van der Waals surface area (Å²) in [5.74, 6) is -1.96. The second-order valence-corrected chi connectivity index (χ2v) is 5.48. The van der Waals surface area contributed by atoms with Crippen molar-refractivity contribution in [2.24, 2.45) is 0 Å². The van der Waals surface area contributed by atoms with Gasteiger partial charge >= 0.3 is 5.97 Å². The lowest BCUT2D eigenvalue weighted by molar-refractivity contribution is -0.121. The third kappa shape index (κ3) is 2.20. The van der Waals surface area contributed by atoms with Crippen molar-refractivity contribution in [1.82, 2.24) is 0 Å². The van der Waals surface area contributed by atoms with Gasteiger partial charge in [0.05, 0.1) is 11.3 Å². The fourth-order valence-electron chi connectivity index (χ4n) is 1.78. The molecule has 0 aliphatic carbocycles. The number of imide groups is 1. The molecule has 0 spiro atoms. The van der Waals surface area contributed by atoms with Crippen LogP contribution in [-0.4, -0.2) is 22.9 Å². The first kappa shape index (κ1) is 13.2. The van der Waals surface area contributed by atoms with E-state index in [0.29, 0.717) is 8.95 Å². The van der Waals surface area contributed by atoms with Crippen LogP contribution in [0.15, 0.2) is 21.1 Å².